The second-order valence-corrected chi connectivity index (χ2v) is 11.2. The van der Waals surface area contributed by atoms with Gasteiger partial charge in [-0.25, -0.2) is 0 Å². The molecule has 0 aromatic carbocycles. The molecule has 0 radical (unpaired) electrons. The number of carboxylic acid groups (broad SMARTS) is 1. The van der Waals surface area contributed by atoms with Crippen LogP contribution in [0.15, 0.2) is 0 Å². The van der Waals surface area contributed by atoms with E-state index in [0.29, 0.717) is 24.5 Å². The third kappa shape index (κ3) is 3.18. The fourth-order valence-corrected chi connectivity index (χ4v) is 8.41. The number of fused-ring (bicyclic) bond motifs is 5. The maximum atomic E-state index is 13.6. The summed E-state index contributed by atoms with van der Waals surface area (Å²) in [6, 6.07) is 0. The molecule has 10 atom stereocenters. The molecule has 0 bridgehead atoms. The van der Waals surface area contributed by atoms with Crippen molar-refractivity contribution in [2.24, 2.45) is 46.3 Å². The normalized spacial score (nSPS) is 50.4. The lowest BCUT2D eigenvalue weighted by Crippen LogP contribution is -2.61. The van der Waals surface area contributed by atoms with E-state index in [1.54, 1.807) is 0 Å². The Morgan fingerprint density at radius 3 is 2.59 bits per heavy atom. The van der Waals surface area contributed by atoms with Crippen LogP contribution in [0, 0.1) is 46.3 Å². The van der Waals surface area contributed by atoms with Crippen LogP contribution in [-0.2, 0) is 9.59 Å². The van der Waals surface area contributed by atoms with Crippen LogP contribution in [0.4, 0.5) is 0 Å². The topological polar surface area (TPSA) is 97.7 Å². The number of carboxylic acids is 1. The van der Waals surface area contributed by atoms with Gasteiger partial charge >= 0.3 is 0 Å². The number of ketones is 1. The summed E-state index contributed by atoms with van der Waals surface area (Å²) in [7, 11) is 0. The Bertz CT molecular complexity index is 676. The average Bonchev–Trinajstić information content (AvgIpc) is 3.01. The fraction of sp³-hybridized carbons (Fsp3) is 0.917. The van der Waals surface area contributed by atoms with Gasteiger partial charge in [0.1, 0.15) is 5.78 Å². The van der Waals surface area contributed by atoms with E-state index in [1.807, 2.05) is 0 Å². The van der Waals surface area contributed by atoms with Crippen LogP contribution in [-0.4, -0.2) is 34.2 Å². The Hall–Kier alpha value is -0.940. The van der Waals surface area contributed by atoms with E-state index in [1.165, 1.54) is 0 Å². The molecule has 4 aliphatic carbocycles. The van der Waals surface area contributed by atoms with Crippen LogP contribution < -0.4 is 5.11 Å². The monoisotopic (exact) mass is 405 g/mol. The van der Waals surface area contributed by atoms with Gasteiger partial charge in [-0.15, -0.1) is 0 Å². The summed E-state index contributed by atoms with van der Waals surface area (Å²) < 4.78 is 0. The van der Waals surface area contributed by atoms with Gasteiger partial charge in [-0.2, -0.15) is 0 Å². The Labute approximate surface area is 174 Å². The lowest BCUT2D eigenvalue weighted by atomic mass is 9.43. The molecule has 4 aliphatic rings. The number of aliphatic hydroxyl groups is 2. The summed E-state index contributed by atoms with van der Waals surface area (Å²) in [5.41, 5.74) is -0.427. The van der Waals surface area contributed by atoms with Crippen LogP contribution in [0.25, 0.3) is 0 Å². The van der Waals surface area contributed by atoms with Crippen molar-refractivity contribution in [1.29, 1.82) is 0 Å². The van der Waals surface area contributed by atoms with Gasteiger partial charge in [0.05, 0.1) is 12.2 Å². The molecule has 4 fully saturated rings. The number of carbonyl (C=O) groups excluding carboxylic acids is 2. The maximum Gasteiger partial charge on any atom is 0.139 e. The highest BCUT2D eigenvalue weighted by Gasteiger charge is 2.65. The molecule has 0 heterocycles. The Morgan fingerprint density at radius 2 is 1.90 bits per heavy atom. The first-order valence-corrected chi connectivity index (χ1v) is 11.7. The van der Waals surface area contributed by atoms with Gasteiger partial charge in [0, 0.05) is 17.8 Å². The second-order valence-electron chi connectivity index (χ2n) is 11.2. The largest absolute Gasteiger partial charge is 0.550 e. The van der Waals surface area contributed by atoms with E-state index in [-0.39, 0.29) is 47.5 Å². The molecule has 5 nitrogen and oxygen atoms in total. The zero-order chi connectivity index (χ0) is 21.1. The van der Waals surface area contributed by atoms with Gasteiger partial charge in [0.25, 0.3) is 0 Å². The molecule has 0 amide bonds. The van der Waals surface area contributed by atoms with Crippen molar-refractivity contribution in [2.75, 3.05) is 0 Å². The minimum absolute atomic E-state index is 0.0266. The molecule has 0 spiro atoms. The van der Waals surface area contributed by atoms with E-state index in [9.17, 15) is 24.9 Å². The highest BCUT2D eigenvalue weighted by molar-refractivity contribution is 5.87. The Morgan fingerprint density at radius 1 is 1.17 bits per heavy atom. The number of hydrogen-bond donors (Lipinski definition) is 2. The lowest BCUT2D eigenvalue weighted by molar-refractivity contribution is -0.306. The third-order valence-electron chi connectivity index (χ3n) is 10.1. The predicted molar refractivity (Wildman–Crippen MR) is 106 cm³/mol. The van der Waals surface area contributed by atoms with Crippen LogP contribution in [0.1, 0.15) is 78.6 Å². The van der Waals surface area contributed by atoms with E-state index in [0.717, 1.165) is 38.5 Å². The Kier molecular flexibility index (Phi) is 5.39. The third-order valence-corrected chi connectivity index (χ3v) is 10.1. The van der Waals surface area contributed by atoms with Gasteiger partial charge in [0.2, 0.25) is 0 Å². The highest BCUT2D eigenvalue weighted by Crippen LogP contribution is 2.67. The van der Waals surface area contributed by atoms with Crippen molar-refractivity contribution in [2.45, 2.75) is 90.8 Å². The summed E-state index contributed by atoms with van der Waals surface area (Å²) in [5, 5.41) is 32.3. The zero-order valence-electron chi connectivity index (χ0n) is 18.1. The van der Waals surface area contributed by atoms with Crippen LogP contribution in [0.5, 0.6) is 0 Å². The first-order valence-electron chi connectivity index (χ1n) is 11.7. The van der Waals surface area contributed by atoms with Gasteiger partial charge in [0.15, 0.2) is 0 Å². The molecule has 5 heteroatoms. The molecule has 4 saturated carbocycles. The van der Waals surface area contributed by atoms with E-state index >= 15 is 0 Å². The van der Waals surface area contributed by atoms with Gasteiger partial charge < -0.3 is 20.1 Å². The number of carbonyl (C=O) groups is 2. The van der Waals surface area contributed by atoms with Crippen molar-refractivity contribution >= 4 is 11.8 Å². The van der Waals surface area contributed by atoms with Crippen LogP contribution >= 0.6 is 0 Å². The number of aliphatic hydroxyl groups excluding tert-OH is 2. The zero-order valence-corrected chi connectivity index (χ0v) is 18.1. The second kappa shape index (κ2) is 7.33. The van der Waals surface area contributed by atoms with Crippen LogP contribution in [0.3, 0.4) is 0 Å². The molecular weight excluding hydrogens is 368 g/mol. The minimum atomic E-state index is -1.02. The van der Waals surface area contributed by atoms with Crippen LogP contribution in [0.2, 0.25) is 0 Å². The number of aliphatic carboxylic acids is 1. The highest BCUT2D eigenvalue weighted by atomic mass is 16.4. The smallest absolute Gasteiger partial charge is 0.139 e. The van der Waals surface area contributed by atoms with Gasteiger partial charge in [-0.3, -0.25) is 4.79 Å². The van der Waals surface area contributed by atoms with Gasteiger partial charge in [-0.1, -0.05) is 20.8 Å². The molecule has 0 saturated heterocycles. The molecule has 4 rings (SSSR count). The lowest BCUT2D eigenvalue weighted by Gasteiger charge is -2.61. The number of Topliss-reactive ketones (excluding diaryl/α,β-unsaturated/α-hetero) is 1. The molecular formula is C24H37O5-. The summed E-state index contributed by atoms with van der Waals surface area (Å²) >= 11 is 0. The minimum Gasteiger partial charge on any atom is -0.550 e. The van der Waals surface area contributed by atoms with E-state index < -0.39 is 17.5 Å². The molecule has 29 heavy (non-hydrogen) atoms. The maximum absolute atomic E-state index is 13.6. The number of hydrogen-bond acceptors (Lipinski definition) is 5. The fourth-order valence-electron chi connectivity index (χ4n) is 8.41. The summed E-state index contributed by atoms with van der Waals surface area (Å²) in [6.07, 6.45) is 5.55. The first kappa shape index (κ1) is 21.3. The van der Waals surface area contributed by atoms with Crippen molar-refractivity contribution < 1.29 is 24.9 Å². The van der Waals surface area contributed by atoms with Crippen molar-refractivity contribution in [1.82, 2.24) is 0 Å². The van der Waals surface area contributed by atoms with Crippen molar-refractivity contribution in [3.05, 3.63) is 0 Å². The molecule has 2 N–H and O–H groups in total. The summed E-state index contributed by atoms with van der Waals surface area (Å²) in [6.45, 7) is 6.49. The molecule has 164 valence electrons. The average molecular weight is 406 g/mol. The molecule has 0 aromatic rings. The molecule has 2 unspecified atom stereocenters. The van der Waals surface area contributed by atoms with E-state index in [4.69, 9.17) is 0 Å². The summed E-state index contributed by atoms with van der Waals surface area (Å²) in [4.78, 5) is 24.6. The number of rotatable bonds is 4. The molecule has 0 aromatic heterocycles. The van der Waals surface area contributed by atoms with Crippen molar-refractivity contribution in [3.8, 4) is 0 Å². The van der Waals surface area contributed by atoms with Gasteiger partial charge in [-0.05, 0) is 92.3 Å². The van der Waals surface area contributed by atoms with Crippen molar-refractivity contribution in [3.63, 3.8) is 0 Å². The first-order chi connectivity index (χ1) is 13.6. The standard InChI is InChI=1S/C24H38O5/c1-13(4-7-21(28)29)16-5-6-17-22-18(12-20(27)24(16,17)3)23(2)9-8-15(25)10-14(23)11-19(22)26/h13-19,22,25-26H,4-12H2,1-3H3,(H,28,29)/p-1/t13-,14+,15?,16-,17+,18+,19?,22+,23+,24-/m1/s1. The predicted octanol–water partition coefficient (Wildman–Crippen LogP) is 2.32. The summed E-state index contributed by atoms with van der Waals surface area (Å²) in [5.74, 6) is 0.477. The van der Waals surface area contributed by atoms with E-state index in [2.05, 4.69) is 20.8 Å². The Balaban J connectivity index is 1.62. The quantitative estimate of drug-likeness (QED) is 0.748. The molecule has 0 aliphatic heterocycles. The SMILES string of the molecule is C[C@H](CCC(=O)[O-])[C@H]1CC[C@H]2[C@@H]3C(O)C[C@@H]4CC(O)CC[C@]4(C)[C@H]3CC(=O)[C@]12C.